The Labute approximate surface area is 144 Å². The lowest BCUT2D eigenvalue weighted by atomic mass is 10.1. The number of Topliss-reactive ketones (excluding diaryl/α,β-unsaturated/α-hetero) is 1. The number of carbonyl (C=O) groups is 3. The van der Waals surface area contributed by atoms with Crippen molar-refractivity contribution in [3.8, 4) is 0 Å². The fraction of sp³-hybridized carbons (Fsp3) is 0.176. The van der Waals surface area contributed by atoms with Gasteiger partial charge in [0.1, 0.15) is 0 Å². The zero-order chi connectivity index (χ0) is 19.1. The highest BCUT2D eigenvalue weighted by molar-refractivity contribution is 6.22. The normalized spacial score (nSPS) is 13.9. The molecule has 0 aliphatic carbocycles. The van der Waals surface area contributed by atoms with Crippen LogP contribution < -0.4 is 5.56 Å². The molecule has 0 saturated carbocycles. The van der Waals surface area contributed by atoms with Gasteiger partial charge in [0.05, 0.1) is 29.8 Å². The molecule has 0 saturated heterocycles. The van der Waals surface area contributed by atoms with Crippen molar-refractivity contribution >= 4 is 17.6 Å². The molecule has 9 heteroatoms. The molecule has 2 aromatic rings. The number of benzene rings is 1. The van der Waals surface area contributed by atoms with Crippen LogP contribution in [0.1, 0.15) is 26.3 Å². The molecular weight excluding hydrogens is 353 g/mol. The third-order valence-corrected chi connectivity index (χ3v) is 3.87. The van der Waals surface area contributed by atoms with Crippen molar-refractivity contribution in [2.75, 3.05) is 6.54 Å². The molecule has 26 heavy (non-hydrogen) atoms. The number of carbonyl (C=O) groups excluding carboxylic acids is 3. The summed E-state index contributed by atoms with van der Waals surface area (Å²) in [6, 6.07) is 7.34. The Morgan fingerprint density at radius 1 is 0.885 bits per heavy atom. The van der Waals surface area contributed by atoms with Gasteiger partial charge in [-0.05, 0) is 18.2 Å². The smallest absolute Gasteiger partial charge is 0.307 e. The van der Waals surface area contributed by atoms with E-state index >= 15 is 0 Å². The van der Waals surface area contributed by atoms with Crippen LogP contribution in [0.3, 0.4) is 0 Å². The Kier molecular flexibility index (Phi) is 4.23. The van der Waals surface area contributed by atoms with Crippen LogP contribution in [0.4, 0.5) is 13.2 Å². The summed E-state index contributed by atoms with van der Waals surface area (Å²) >= 11 is 0. The van der Waals surface area contributed by atoms with E-state index in [1.807, 2.05) is 0 Å². The van der Waals surface area contributed by atoms with Gasteiger partial charge in [-0.2, -0.15) is 13.2 Å². The van der Waals surface area contributed by atoms with Gasteiger partial charge in [-0.3, -0.25) is 24.1 Å². The van der Waals surface area contributed by atoms with Gasteiger partial charge in [0, 0.05) is 12.3 Å². The predicted octanol–water partition coefficient (Wildman–Crippen LogP) is 1.73. The maximum Gasteiger partial charge on any atom is 0.417 e. The Morgan fingerprint density at radius 3 is 2.00 bits per heavy atom. The summed E-state index contributed by atoms with van der Waals surface area (Å²) in [7, 11) is 0. The Hall–Kier alpha value is -3.23. The van der Waals surface area contributed by atoms with Crippen molar-refractivity contribution in [1.82, 2.24) is 9.47 Å². The molecule has 6 nitrogen and oxygen atoms in total. The monoisotopic (exact) mass is 364 g/mol. The van der Waals surface area contributed by atoms with E-state index in [-0.39, 0.29) is 11.1 Å². The summed E-state index contributed by atoms with van der Waals surface area (Å²) in [5, 5.41) is 0. The number of aromatic nitrogens is 1. The molecule has 1 aromatic heterocycles. The van der Waals surface area contributed by atoms with Crippen LogP contribution in [0.2, 0.25) is 0 Å². The third kappa shape index (κ3) is 3.15. The van der Waals surface area contributed by atoms with Crippen LogP contribution in [0.25, 0.3) is 0 Å². The highest BCUT2D eigenvalue weighted by Crippen LogP contribution is 2.28. The highest BCUT2D eigenvalue weighted by atomic mass is 19.4. The number of nitrogens with zero attached hydrogens (tertiary/aromatic N) is 2. The third-order valence-electron chi connectivity index (χ3n) is 3.87. The highest BCUT2D eigenvalue weighted by Gasteiger charge is 2.36. The number of pyridine rings is 1. The van der Waals surface area contributed by atoms with E-state index in [1.54, 1.807) is 12.1 Å². The minimum absolute atomic E-state index is 0.154. The molecule has 2 amide bonds. The second-order valence-corrected chi connectivity index (χ2v) is 5.66. The van der Waals surface area contributed by atoms with Crippen molar-refractivity contribution in [3.63, 3.8) is 0 Å². The second-order valence-electron chi connectivity index (χ2n) is 5.66. The SMILES string of the molecule is O=C(CN1C(=O)c2ccccc2C1=O)Cn1cc(C(F)(F)F)ccc1=O. The number of ketones is 1. The van der Waals surface area contributed by atoms with E-state index in [1.165, 1.54) is 12.1 Å². The van der Waals surface area contributed by atoms with E-state index in [0.717, 1.165) is 0 Å². The topological polar surface area (TPSA) is 76.5 Å². The molecule has 0 atom stereocenters. The first-order chi connectivity index (χ1) is 12.2. The van der Waals surface area contributed by atoms with E-state index < -0.39 is 48.0 Å². The van der Waals surface area contributed by atoms with Crippen molar-refractivity contribution < 1.29 is 27.6 Å². The lowest BCUT2D eigenvalue weighted by molar-refractivity contribution is -0.138. The van der Waals surface area contributed by atoms with Gasteiger partial charge in [-0.1, -0.05) is 12.1 Å². The minimum Gasteiger partial charge on any atom is -0.307 e. The zero-order valence-corrected chi connectivity index (χ0v) is 13.1. The Morgan fingerprint density at radius 2 is 1.46 bits per heavy atom. The van der Waals surface area contributed by atoms with E-state index in [9.17, 15) is 32.3 Å². The number of alkyl halides is 3. The fourth-order valence-corrected chi connectivity index (χ4v) is 2.62. The van der Waals surface area contributed by atoms with Gasteiger partial charge in [-0.25, -0.2) is 0 Å². The molecule has 0 bridgehead atoms. The summed E-state index contributed by atoms with van der Waals surface area (Å²) in [4.78, 5) is 48.9. The van der Waals surface area contributed by atoms with Crippen LogP contribution >= 0.6 is 0 Å². The molecule has 1 aliphatic heterocycles. The summed E-state index contributed by atoms with van der Waals surface area (Å²) in [5.41, 5.74) is -1.57. The Balaban J connectivity index is 1.78. The number of hydrogen-bond acceptors (Lipinski definition) is 4. The number of rotatable bonds is 4. The van der Waals surface area contributed by atoms with Gasteiger partial charge < -0.3 is 4.57 Å². The standard InChI is InChI=1S/C17H11F3N2O4/c18-17(19,20)10-5-6-14(24)21(7-10)8-11(23)9-22-15(25)12-3-1-2-4-13(12)16(22)26/h1-7H,8-9H2. The summed E-state index contributed by atoms with van der Waals surface area (Å²) in [6.45, 7) is -1.31. The second kappa shape index (κ2) is 6.25. The zero-order valence-electron chi connectivity index (χ0n) is 13.1. The van der Waals surface area contributed by atoms with Crippen LogP contribution in [0.5, 0.6) is 0 Å². The van der Waals surface area contributed by atoms with E-state index in [4.69, 9.17) is 0 Å². The Bertz CT molecular complexity index is 943. The van der Waals surface area contributed by atoms with Gasteiger partial charge in [0.2, 0.25) is 0 Å². The van der Waals surface area contributed by atoms with E-state index in [2.05, 4.69) is 0 Å². The summed E-state index contributed by atoms with van der Waals surface area (Å²) in [5.74, 6) is -2.06. The van der Waals surface area contributed by atoms with Crippen molar-refractivity contribution in [3.05, 3.63) is 69.6 Å². The van der Waals surface area contributed by atoms with Gasteiger partial charge in [-0.15, -0.1) is 0 Å². The number of hydrogen-bond donors (Lipinski definition) is 0. The number of imide groups is 1. The molecule has 0 N–H and O–H groups in total. The first-order valence-corrected chi connectivity index (χ1v) is 7.43. The van der Waals surface area contributed by atoms with Gasteiger partial charge in [0.25, 0.3) is 17.4 Å². The number of fused-ring (bicyclic) bond motifs is 1. The summed E-state index contributed by atoms with van der Waals surface area (Å²) < 4.78 is 38.8. The molecular formula is C17H11F3N2O4. The van der Waals surface area contributed by atoms with Crippen molar-refractivity contribution in [1.29, 1.82) is 0 Å². The van der Waals surface area contributed by atoms with Crippen LogP contribution in [-0.4, -0.2) is 33.6 Å². The molecule has 1 aromatic carbocycles. The summed E-state index contributed by atoms with van der Waals surface area (Å²) in [6.07, 6.45) is -4.14. The lowest BCUT2D eigenvalue weighted by Crippen LogP contribution is -2.37. The average Bonchev–Trinajstić information content (AvgIpc) is 2.81. The first kappa shape index (κ1) is 17.6. The molecule has 3 rings (SSSR count). The molecule has 134 valence electrons. The number of amides is 2. The molecule has 1 aliphatic rings. The van der Waals surface area contributed by atoms with Crippen molar-refractivity contribution in [2.24, 2.45) is 0 Å². The molecule has 0 radical (unpaired) electrons. The molecule has 0 unspecified atom stereocenters. The quantitative estimate of drug-likeness (QED) is 0.775. The van der Waals surface area contributed by atoms with Crippen molar-refractivity contribution in [2.45, 2.75) is 12.7 Å². The van der Waals surface area contributed by atoms with Gasteiger partial charge in [0.15, 0.2) is 5.78 Å². The lowest BCUT2D eigenvalue weighted by Gasteiger charge is -2.14. The fourth-order valence-electron chi connectivity index (χ4n) is 2.62. The maximum absolute atomic E-state index is 12.7. The molecule has 2 heterocycles. The maximum atomic E-state index is 12.7. The van der Waals surface area contributed by atoms with Crippen LogP contribution in [-0.2, 0) is 17.5 Å². The largest absolute Gasteiger partial charge is 0.417 e. The van der Waals surface area contributed by atoms with Crippen LogP contribution in [0, 0.1) is 0 Å². The van der Waals surface area contributed by atoms with Crippen LogP contribution in [0.15, 0.2) is 47.4 Å². The predicted molar refractivity (Wildman–Crippen MR) is 82.5 cm³/mol. The van der Waals surface area contributed by atoms with Gasteiger partial charge >= 0.3 is 6.18 Å². The number of halogens is 3. The first-order valence-electron chi connectivity index (χ1n) is 7.43. The molecule has 0 fully saturated rings. The molecule has 0 spiro atoms. The minimum atomic E-state index is -4.67. The average molecular weight is 364 g/mol. The van der Waals surface area contributed by atoms with E-state index in [0.29, 0.717) is 27.8 Å².